The average molecular weight is 357 g/mol. The molecule has 11 heteroatoms. The summed E-state index contributed by atoms with van der Waals surface area (Å²) in [5.74, 6) is -1.93. The minimum Gasteiger partial charge on any atom is -0.463 e. The Morgan fingerprint density at radius 2 is 1.60 bits per heavy atom. The molecule has 25 heavy (non-hydrogen) atoms. The lowest BCUT2D eigenvalue weighted by molar-refractivity contribution is -0.179. The number of fused-ring (bicyclic) bond motifs is 1. The summed E-state index contributed by atoms with van der Waals surface area (Å²) in [6.07, 6.45) is -2.11. The van der Waals surface area contributed by atoms with Crippen molar-refractivity contribution in [3.8, 4) is 0 Å². The second-order valence-electron chi connectivity index (χ2n) is 5.64. The molecule has 0 amide bonds. The number of carbonyl (C=O) groups excluding carboxylic acids is 3. The highest BCUT2D eigenvalue weighted by molar-refractivity contribution is 5.67. The zero-order valence-electron chi connectivity index (χ0n) is 14.3. The van der Waals surface area contributed by atoms with E-state index in [1.165, 1.54) is 20.9 Å². The monoisotopic (exact) mass is 357 g/mol. The molecule has 0 aliphatic carbocycles. The van der Waals surface area contributed by atoms with E-state index in [-0.39, 0.29) is 13.2 Å². The number of aromatic nitrogens is 3. The smallest absolute Gasteiger partial charge is 0.347 e. The van der Waals surface area contributed by atoms with E-state index in [2.05, 4.69) is 0 Å². The van der Waals surface area contributed by atoms with E-state index in [0.29, 0.717) is 0 Å². The molecule has 3 atom stereocenters. The maximum absolute atomic E-state index is 12.4. The van der Waals surface area contributed by atoms with Gasteiger partial charge in [0.2, 0.25) is 0 Å². The van der Waals surface area contributed by atoms with Crippen molar-refractivity contribution >= 4 is 17.9 Å². The van der Waals surface area contributed by atoms with Gasteiger partial charge in [-0.25, -0.2) is 23.5 Å². The molecule has 11 nitrogen and oxygen atoms in total. The SMILES string of the molecule is CC(=O)OC[C@@H]1[C@H](OC(C)=O)[C@H](OC(C)=O)Cn2c(=O)n(C)c(=O)n21. The van der Waals surface area contributed by atoms with Crippen LogP contribution in [0, 0.1) is 0 Å². The quantitative estimate of drug-likeness (QED) is 0.462. The third-order valence-corrected chi connectivity index (χ3v) is 3.74. The van der Waals surface area contributed by atoms with Gasteiger partial charge in [-0.15, -0.1) is 0 Å². The van der Waals surface area contributed by atoms with E-state index in [4.69, 9.17) is 14.2 Å². The molecule has 1 aromatic heterocycles. The lowest BCUT2D eigenvalue weighted by Gasteiger charge is -2.37. The Morgan fingerprint density at radius 3 is 2.12 bits per heavy atom. The Labute approximate surface area is 141 Å². The number of hydrogen-bond donors (Lipinski definition) is 0. The van der Waals surface area contributed by atoms with E-state index < -0.39 is 47.5 Å². The number of rotatable bonds is 4. The van der Waals surface area contributed by atoms with Gasteiger partial charge >= 0.3 is 29.3 Å². The Bertz CT molecular complexity index is 817. The third kappa shape index (κ3) is 3.64. The molecule has 1 aliphatic rings. The molecule has 0 saturated carbocycles. The van der Waals surface area contributed by atoms with Crippen molar-refractivity contribution in [1.82, 2.24) is 13.9 Å². The molecule has 1 aromatic rings. The van der Waals surface area contributed by atoms with E-state index in [1.807, 2.05) is 0 Å². The molecular formula is C14H19N3O8. The van der Waals surface area contributed by atoms with Gasteiger partial charge in [0.15, 0.2) is 12.2 Å². The molecule has 0 aromatic carbocycles. The maximum atomic E-state index is 12.4. The van der Waals surface area contributed by atoms with Crippen molar-refractivity contribution in [1.29, 1.82) is 0 Å². The summed E-state index contributed by atoms with van der Waals surface area (Å²) in [5, 5.41) is 0. The van der Waals surface area contributed by atoms with Crippen molar-refractivity contribution in [2.24, 2.45) is 7.05 Å². The van der Waals surface area contributed by atoms with Crippen LogP contribution in [0.15, 0.2) is 9.59 Å². The normalized spacial score (nSPS) is 22.0. The first-order chi connectivity index (χ1) is 11.6. The summed E-state index contributed by atoms with van der Waals surface area (Å²) < 4.78 is 18.3. The Hall–Kier alpha value is -2.85. The van der Waals surface area contributed by atoms with E-state index in [1.54, 1.807) is 0 Å². The summed E-state index contributed by atoms with van der Waals surface area (Å²) >= 11 is 0. The molecule has 0 fully saturated rings. The highest BCUT2D eigenvalue weighted by Crippen LogP contribution is 2.25. The predicted molar refractivity (Wildman–Crippen MR) is 80.7 cm³/mol. The van der Waals surface area contributed by atoms with E-state index in [9.17, 15) is 24.0 Å². The van der Waals surface area contributed by atoms with Gasteiger partial charge in [-0.3, -0.25) is 14.4 Å². The molecule has 0 radical (unpaired) electrons. The van der Waals surface area contributed by atoms with Crippen molar-refractivity contribution in [3.63, 3.8) is 0 Å². The second kappa shape index (κ2) is 6.95. The Kier molecular flexibility index (Phi) is 5.14. The van der Waals surface area contributed by atoms with Gasteiger partial charge in [0.05, 0.1) is 6.54 Å². The molecule has 2 rings (SSSR count). The minimum absolute atomic E-state index is 0.178. The van der Waals surface area contributed by atoms with E-state index >= 15 is 0 Å². The fraction of sp³-hybridized carbons (Fsp3) is 0.643. The lowest BCUT2D eigenvalue weighted by atomic mass is 10.0. The van der Waals surface area contributed by atoms with Gasteiger partial charge < -0.3 is 14.2 Å². The van der Waals surface area contributed by atoms with Gasteiger partial charge in [-0.05, 0) is 0 Å². The highest BCUT2D eigenvalue weighted by Gasteiger charge is 2.44. The predicted octanol–water partition coefficient (Wildman–Crippen LogP) is -1.67. The molecule has 0 unspecified atom stereocenters. The first-order valence-corrected chi connectivity index (χ1v) is 7.49. The largest absolute Gasteiger partial charge is 0.463 e. The molecular weight excluding hydrogens is 338 g/mol. The standard InChI is InChI=1S/C14H19N3O8/c1-7(18)23-6-10-12(25-9(3)20)11(24-8(2)19)5-16-13(21)15(4)14(22)17(10)16/h10-12H,5-6H2,1-4H3/t10-,11-,12+/m1/s1. The van der Waals surface area contributed by atoms with Crippen LogP contribution in [0.25, 0.3) is 0 Å². The maximum Gasteiger partial charge on any atom is 0.347 e. The lowest BCUT2D eigenvalue weighted by Crippen LogP contribution is -2.54. The molecule has 138 valence electrons. The van der Waals surface area contributed by atoms with Crippen molar-refractivity contribution < 1.29 is 28.6 Å². The van der Waals surface area contributed by atoms with Crippen LogP contribution in [0.5, 0.6) is 0 Å². The molecule has 0 spiro atoms. The number of nitrogens with zero attached hydrogens (tertiary/aromatic N) is 3. The molecule has 0 saturated heterocycles. The summed E-state index contributed by atoms with van der Waals surface area (Å²) in [6.45, 7) is 2.98. The van der Waals surface area contributed by atoms with Crippen LogP contribution in [-0.2, 0) is 42.2 Å². The Morgan fingerprint density at radius 1 is 1.00 bits per heavy atom. The highest BCUT2D eigenvalue weighted by atomic mass is 16.6. The van der Waals surface area contributed by atoms with Crippen LogP contribution in [-0.4, -0.2) is 50.7 Å². The number of hydrogen-bond acceptors (Lipinski definition) is 8. The third-order valence-electron chi connectivity index (χ3n) is 3.74. The van der Waals surface area contributed by atoms with Gasteiger partial charge in [-0.1, -0.05) is 0 Å². The first kappa shape index (κ1) is 18.5. The summed E-state index contributed by atoms with van der Waals surface area (Å²) in [5.41, 5.74) is -1.29. The first-order valence-electron chi connectivity index (χ1n) is 7.49. The average Bonchev–Trinajstić information content (AvgIpc) is 2.70. The summed E-state index contributed by atoms with van der Waals surface area (Å²) in [4.78, 5) is 58.6. The van der Waals surface area contributed by atoms with Crippen molar-refractivity contribution in [3.05, 3.63) is 21.0 Å². The van der Waals surface area contributed by atoms with Gasteiger partial charge in [-0.2, -0.15) is 0 Å². The van der Waals surface area contributed by atoms with Crippen LogP contribution in [0.2, 0.25) is 0 Å². The van der Waals surface area contributed by atoms with Crippen LogP contribution in [0.3, 0.4) is 0 Å². The van der Waals surface area contributed by atoms with Crippen molar-refractivity contribution in [2.75, 3.05) is 6.61 Å². The molecule has 0 N–H and O–H groups in total. The zero-order valence-corrected chi connectivity index (χ0v) is 14.3. The van der Waals surface area contributed by atoms with E-state index in [0.717, 1.165) is 20.9 Å². The topological polar surface area (TPSA) is 128 Å². The number of carbonyl (C=O) groups is 3. The fourth-order valence-electron chi connectivity index (χ4n) is 2.78. The molecule has 0 bridgehead atoms. The number of ether oxygens (including phenoxy) is 3. The van der Waals surface area contributed by atoms with Gasteiger partial charge in [0, 0.05) is 27.8 Å². The number of esters is 3. The summed E-state index contributed by atoms with van der Waals surface area (Å²) in [7, 11) is 1.29. The van der Waals surface area contributed by atoms with Crippen LogP contribution in [0.4, 0.5) is 0 Å². The zero-order chi connectivity index (χ0) is 18.9. The Balaban J connectivity index is 2.57. The van der Waals surface area contributed by atoms with Crippen molar-refractivity contribution in [2.45, 2.75) is 45.6 Å². The van der Waals surface area contributed by atoms with Crippen LogP contribution >= 0.6 is 0 Å². The minimum atomic E-state index is -1.10. The second-order valence-corrected chi connectivity index (χ2v) is 5.64. The van der Waals surface area contributed by atoms with Gasteiger partial charge in [0.25, 0.3) is 0 Å². The van der Waals surface area contributed by atoms with Crippen LogP contribution in [0.1, 0.15) is 26.8 Å². The molecule has 2 heterocycles. The summed E-state index contributed by atoms with van der Waals surface area (Å²) in [6, 6.07) is -1.02. The van der Waals surface area contributed by atoms with Crippen LogP contribution < -0.4 is 11.4 Å². The van der Waals surface area contributed by atoms with Gasteiger partial charge in [0.1, 0.15) is 12.6 Å². The molecule has 1 aliphatic heterocycles. The fourth-order valence-corrected chi connectivity index (χ4v) is 2.78.